The van der Waals surface area contributed by atoms with E-state index in [1.807, 2.05) is 0 Å². The smallest absolute Gasteiger partial charge is 0.389 e. The molecular weight excluding hydrogens is 343 g/mol. The summed E-state index contributed by atoms with van der Waals surface area (Å²) in [6, 6.07) is 1.98. The van der Waals surface area contributed by atoms with E-state index in [1.165, 1.54) is 6.92 Å². The number of benzene rings is 1. The summed E-state index contributed by atoms with van der Waals surface area (Å²) in [6.45, 7) is 4.58. The number of hydrogen-bond donors (Lipinski definition) is 2. The third-order valence-corrected chi connectivity index (χ3v) is 5.30. The second kappa shape index (κ2) is 6.35. The molecule has 9 heteroatoms. The number of hydrogen-bond acceptors (Lipinski definition) is 3. The molecule has 0 aliphatic carbocycles. The van der Waals surface area contributed by atoms with Crippen molar-refractivity contribution in [3.63, 3.8) is 0 Å². The Labute approximate surface area is 132 Å². The van der Waals surface area contributed by atoms with Crippen LogP contribution in [0.3, 0.4) is 0 Å². The number of aliphatic hydroxyl groups is 1. The molecule has 1 aromatic carbocycles. The van der Waals surface area contributed by atoms with Crippen molar-refractivity contribution in [2.45, 2.75) is 37.4 Å². The van der Waals surface area contributed by atoms with E-state index in [9.17, 15) is 26.7 Å². The lowest BCUT2D eigenvalue weighted by molar-refractivity contribution is -0.137. The number of rotatable bonds is 5. The lowest BCUT2D eigenvalue weighted by Gasteiger charge is -2.27. The largest absolute Gasteiger partial charge is 0.416 e. The molecule has 1 unspecified atom stereocenters. The van der Waals surface area contributed by atoms with Crippen molar-refractivity contribution in [2.75, 3.05) is 6.54 Å². The summed E-state index contributed by atoms with van der Waals surface area (Å²) in [5.74, 6) is -0.224. The molecule has 0 radical (unpaired) electrons. The molecule has 1 aromatic rings. The first kappa shape index (κ1) is 19.2. The van der Waals surface area contributed by atoms with Gasteiger partial charge in [0.1, 0.15) is 4.90 Å². The van der Waals surface area contributed by atoms with Gasteiger partial charge in [0.2, 0.25) is 10.0 Å². The highest BCUT2D eigenvalue weighted by molar-refractivity contribution is 7.89. The minimum Gasteiger partial charge on any atom is -0.389 e. The first-order valence-electron chi connectivity index (χ1n) is 6.36. The van der Waals surface area contributed by atoms with Gasteiger partial charge in [0, 0.05) is 6.54 Å². The summed E-state index contributed by atoms with van der Waals surface area (Å²) in [4.78, 5) is -0.471. The van der Waals surface area contributed by atoms with Crippen molar-refractivity contribution in [3.8, 4) is 0 Å². The molecule has 4 nitrogen and oxygen atoms in total. The zero-order chi connectivity index (χ0) is 17.3. The van der Waals surface area contributed by atoms with Crippen molar-refractivity contribution < 1.29 is 26.7 Å². The lowest BCUT2D eigenvalue weighted by Crippen LogP contribution is -2.44. The van der Waals surface area contributed by atoms with Gasteiger partial charge in [0.05, 0.1) is 16.2 Å². The van der Waals surface area contributed by atoms with Gasteiger partial charge in [-0.05, 0) is 31.0 Å². The molecule has 0 amide bonds. The molecule has 1 atom stereocenters. The van der Waals surface area contributed by atoms with Gasteiger partial charge < -0.3 is 5.11 Å². The summed E-state index contributed by atoms with van der Waals surface area (Å²) >= 11 is 5.65. The van der Waals surface area contributed by atoms with E-state index in [1.54, 1.807) is 13.8 Å². The molecule has 0 saturated heterocycles. The van der Waals surface area contributed by atoms with Crippen molar-refractivity contribution in [3.05, 3.63) is 28.8 Å². The highest BCUT2D eigenvalue weighted by atomic mass is 35.5. The highest BCUT2D eigenvalue weighted by Gasteiger charge is 2.33. The fourth-order valence-electron chi connectivity index (χ4n) is 1.42. The first-order chi connectivity index (χ1) is 9.77. The van der Waals surface area contributed by atoms with E-state index < -0.39 is 37.3 Å². The number of alkyl halides is 3. The monoisotopic (exact) mass is 359 g/mol. The van der Waals surface area contributed by atoms with Gasteiger partial charge in [0.25, 0.3) is 0 Å². The van der Waals surface area contributed by atoms with Gasteiger partial charge >= 0.3 is 6.18 Å². The van der Waals surface area contributed by atoms with Crippen molar-refractivity contribution >= 4 is 21.6 Å². The molecule has 0 fully saturated rings. The van der Waals surface area contributed by atoms with Crippen molar-refractivity contribution in [1.82, 2.24) is 4.72 Å². The van der Waals surface area contributed by atoms with Crippen LogP contribution in [0.4, 0.5) is 13.2 Å². The van der Waals surface area contributed by atoms with Crippen LogP contribution < -0.4 is 4.72 Å². The summed E-state index contributed by atoms with van der Waals surface area (Å²) in [5.41, 5.74) is -2.34. The molecule has 2 N–H and O–H groups in total. The van der Waals surface area contributed by atoms with Crippen LogP contribution in [0, 0.1) is 5.92 Å². The van der Waals surface area contributed by atoms with Crippen LogP contribution in [0.25, 0.3) is 0 Å². The second-order valence-corrected chi connectivity index (χ2v) is 7.62. The molecule has 0 heterocycles. The van der Waals surface area contributed by atoms with E-state index in [4.69, 9.17) is 11.6 Å². The normalized spacial score (nSPS) is 15.9. The predicted molar refractivity (Wildman–Crippen MR) is 77.1 cm³/mol. The van der Waals surface area contributed by atoms with Gasteiger partial charge in [-0.3, -0.25) is 0 Å². The fraction of sp³-hybridized carbons (Fsp3) is 0.538. The zero-order valence-corrected chi connectivity index (χ0v) is 13.8. The van der Waals surface area contributed by atoms with Gasteiger partial charge in [-0.2, -0.15) is 13.2 Å². The molecule has 0 spiro atoms. The van der Waals surface area contributed by atoms with Gasteiger partial charge in [-0.1, -0.05) is 25.4 Å². The molecule has 0 aliphatic heterocycles. The third-order valence-electron chi connectivity index (χ3n) is 3.41. The molecule has 0 bridgehead atoms. The van der Waals surface area contributed by atoms with E-state index >= 15 is 0 Å². The Bertz CT molecular complexity index is 642. The van der Waals surface area contributed by atoms with Crippen LogP contribution in [0.5, 0.6) is 0 Å². The maximum Gasteiger partial charge on any atom is 0.416 e. The molecule has 0 aliphatic rings. The minimum atomic E-state index is -4.61. The molecule has 22 heavy (non-hydrogen) atoms. The Balaban J connectivity index is 3.05. The van der Waals surface area contributed by atoms with Crippen molar-refractivity contribution in [1.29, 1.82) is 0 Å². The van der Waals surface area contributed by atoms with E-state index in [2.05, 4.69) is 4.72 Å². The van der Waals surface area contributed by atoms with Crippen LogP contribution in [-0.4, -0.2) is 25.7 Å². The zero-order valence-electron chi connectivity index (χ0n) is 12.2. The lowest BCUT2D eigenvalue weighted by atomic mass is 9.93. The summed E-state index contributed by atoms with van der Waals surface area (Å²) in [7, 11) is -4.13. The minimum absolute atomic E-state index is 0.224. The Morgan fingerprint density at radius 3 is 2.27 bits per heavy atom. The molecule has 0 saturated carbocycles. The highest BCUT2D eigenvalue weighted by Crippen LogP contribution is 2.33. The summed E-state index contributed by atoms with van der Waals surface area (Å²) in [5, 5.41) is 9.48. The van der Waals surface area contributed by atoms with Crippen LogP contribution in [0.2, 0.25) is 5.02 Å². The van der Waals surface area contributed by atoms with Crippen LogP contribution in [0.15, 0.2) is 23.1 Å². The third kappa shape index (κ3) is 4.58. The predicted octanol–water partition coefficient (Wildman–Crippen LogP) is 3.04. The number of nitrogens with one attached hydrogen (secondary N) is 1. The molecular formula is C13H17ClF3NO3S. The van der Waals surface area contributed by atoms with Crippen molar-refractivity contribution in [2.24, 2.45) is 5.92 Å². The molecule has 0 aromatic heterocycles. The first-order valence-corrected chi connectivity index (χ1v) is 8.22. The van der Waals surface area contributed by atoms with E-state index in [0.29, 0.717) is 12.1 Å². The Morgan fingerprint density at radius 1 is 1.32 bits per heavy atom. The average Bonchev–Trinajstić information content (AvgIpc) is 2.35. The van der Waals surface area contributed by atoms with E-state index in [-0.39, 0.29) is 12.5 Å². The molecule has 1 rings (SSSR count). The average molecular weight is 360 g/mol. The number of sulfonamides is 1. The summed E-state index contributed by atoms with van der Waals surface area (Å²) in [6.07, 6.45) is -4.61. The fourth-order valence-corrected chi connectivity index (χ4v) is 3.10. The Kier molecular flexibility index (Phi) is 5.55. The van der Waals surface area contributed by atoms with Gasteiger partial charge in [-0.25, -0.2) is 13.1 Å². The maximum atomic E-state index is 12.5. The standard InChI is InChI=1S/C13H17ClF3NO3S/c1-8(2)12(3,19)7-18-22(20,21)11-5-4-9(6-10(11)14)13(15,16)17/h4-6,8,18-19H,7H2,1-3H3. The van der Waals surface area contributed by atoms with E-state index in [0.717, 1.165) is 6.07 Å². The quantitative estimate of drug-likeness (QED) is 0.849. The number of halogens is 4. The van der Waals surface area contributed by atoms with Gasteiger partial charge in [-0.15, -0.1) is 0 Å². The molecule has 126 valence electrons. The SMILES string of the molecule is CC(C)C(C)(O)CNS(=O)(=O)c1ccc(C(F)(F)F)cc1Cl. The van der Waals surface area contributed by atoms with Gasteiger partial charge in [0.15, 0.2) is 0 Å². The topological polar surface area (TPSA) is 66.4 Å². The van der Waals surface area contributed by atoms with Crippen LogP contribution >= 0.6 is 11.6 Å². The summed E-state index contributed by atoms with van der Waals surface area (Å²) < 4.78 is 63.9. The second-order valence-electron chi connectivity index (χ2n) is 5.48. The Hall–Kier alpha value is -0.830. The van der Waals surface area contributed by atoms with Crippen LogP contribution in [0.1, 0.15) is 26.3 Å². The Morgan fingerprint density at radius 2 is 1.86 bits per heavy atom. The van der Waals surface area contributed by atoms with Crippen LogP contribution in [-0.2, 0) is 16.2 Å². The maximum absolute atomic E-state index is 12.5.